The Hall–Kier alpha value is -2.08. The summed E-state index contributed by atoms with van der Waals surface area (Å²) in [5.74, 6) is 1.39. The number of nitrogens with two attached hydrogens (primary N) is 1. The van der Waals surface area contributed by atoms with Crippen molar-refractivity contribution < 1.29 is 8.83 Å². The van der Waals surface area contributed by atoms with Gasteiger partial charge >= 0.3 is 0 Å². The Morgan fingerprint density at radius 3 is 1.83 bits per heavy atom. The fourth-order valence-electron chi connectivity index (χ4n) is 1.62. The van der Waals surface area contributed by atoms with E-state index in [-0.39, 0.29) is 5.95 Å². The molecule has 0 atom stereocenters. The van der Waals surface area contributed by atoms with Crippen LogP contribution in [0.1, 0.15) is 0 Å². The van der Waals surface area contributed by atoms with Crippen LogP contribution in [0.25, 0.3) is 22.9 Å². The van der Waals surface area contributed by atoms with Crippen LogP contribution >= 0.6 is 15.9 Å². The summed E-state index contributed by atoms with van der Waals surface area (Å²) in [6.07, 6.45) is 3.15. The third-order valence-corrected chi connectivity index (χ3v) is 3.13. The second kappa shape index (κ2) is 4.30. The van der Waals surface area contributed by atoms with E-state index in [1.165, 1.54) is 0 Å². The van der Waals surface area contributed by atoms with Gasteiger partial charge in [-0.1, -0.05) is 0 Å². The molecule has 6 heteroatoms. The van der Waals surface area contributed by atoms with Crippen molar-refractivity contribution in [3.05, 3.63) is 41.3 Å². The highest BCUT2D eigenvalue weighted by Crippen LogP contribution is 2.34. The predicted molar refractivity (Wildman–Crippen MR) is 69.5 cm³/mol. The zero-order valence-corrected chi connectivity index (χ0v) is 10.7. The van der Waals surface area contributed by atoms with Crippen molar-refractivity contribution in [3.8, 4) is 22.9 Å². The molecule has 0 saturated heterocycles. The third kappa shape index (κ3) is 1.80. The van der Waals surface area contributed by atoms with E-state index in [0.717, 1.165) is 0 Å². The number of rotatable bonds is 2. The first kappa shape index (κ1) is 11.0. The molecule has 0 saturated carbocycles. The van der Waals surface area contributed by atoms with E-state index in [2.05, 4.69) is 25.9 Å². The first-order valence-electron chi connectivity index (χ1n) is 5.16. The monoisotopic (exact) mass is 305 g/mol. The fourth-order valence-corrected chi connectivity index (χ4v) is 2.19. The van der Waals surface area contributed by atoms with Gasteiger partial charge in [-0.3, -0.25) is 0 Å². The van der Waals surface area contributed by atoms with E-state index in [9.17, 15) is 0 Å². The molecule has 3 heterocycles. The molecule has 18 heavy (non-hydrogen) atoms. The highest BCUT2D eigenvalue weighted by atomic mass is 79.9. The third-order valence-electron chi connectivity index (χ3n) is 2.38. The van der Waals surface area contributed by atoms with Gasteiger partial charge in [-0.25, -0.2) is 9.97 Å². The summed E-state index contributed by atoms with van der Waals surface area (Å²) in [6.45, 7) is 0. The zero-order valence-electron chi connectivity index (χ0n) is 9.13. The van der Waals surface area contributed by atoms with E-state index in [0.29, 0.717) is 27.4 Å². The first-order valence-corrected chi connectivity index (χ1v) is 5.96. The van der Waals surface area contributed by atoms with Crippen molar-refractivity contribution in [2.45, 2.75) is 0 Å². The Labute approximate surface area is 111 Å². The average Bonchev–Trinajstić information content (AvgIpc) is 3.02. The highest BCUT2D eigenvalue weighted by Gasteiger charge is 2.17. The minimum atomic E-state index is 0.163. The standard InChI is InChI=1S/C12H8BrN3O2/c13-9-10(7-3-1-5-17-7)15-12(14)16-11(9)8-4-2-6-18-8/h1-6H,(H2,14,15,16). The normalized spacial score (nSPS) is 10.7. The second-order valence-corrected chi connectivity index (χ2v) is 4.34. The van der Waals surface area contributed by atoms with Crippen molar-refractivity contribution in [2.24, 2.45) is 0 Å². The van der Waals surface area contributed by atoms with Crippen molar-refractivity contribution in [1.82, 2.24) is 9.97 Å². The summed E-state index contributed by atoms with van der Waals surface area (Å²) in [5.41, 5.74) is 6.91. The topological polar surface area (TPSA) is 78.1 Å². The second-order valence-electron chi connectivity index (χ2n) is 3.55. The molecule has 0 amide bonds. The molecule has 2 N–H and O–H groups in total. The molecule has 0 aliphatic rings. The maximum atomic E-state index is 5.71. The highest BCUT2D eigenvalue weighted by molar-refractivity contribution is 9.10. The van der Waals surface area contributed by atoms with Crippen LogP contribution in [0.4, 0.5) is 5.95 Å². The smallest absolute Gasteiger partial charge is 0.221 e. The molecule has 3 aromatic rings. The molecule has 3 aromatic heterocycles. The van der Waals surface area contributed by atoms with Crippen molar-refractivity contribution >= 4 is 21.9 Å². The molecule has 0 fully saturated rings. The lowest BCUT2D eigenvalue weighted by molar-refractivity contribution is 0.576. The lowest BCUT2D eigenvalue weighted by atomic mass is 10.2. The number of hydrogen-bond acceptors (Lipinski definition) is 5. The summed E-state index contributed by atoms with van der Waals surface area (Å²) in [5, 5.41) is 0. The number of aromatic nitrogens is 2. The van der Waals surface area contributed by atoms with Crippen LogP contribution in [0.15, 0.2) is 50.1 Å². The quantitative estimate of drug-likeness (QED) is 0.785. The number of hydrogen-bond donors (Lipinski definition) is 1. The largest absolute Gasteiger partial charge is 0.463 e. The Bertz CT molecular complexity index is 607. The van der Waals surface area contributed by atoms with Crippen molar-refractivity contribution in [2.75, 3.05) is 5.73 Å². The number of anilines is 1. The van der Waals surface area contributed by atoms with Gasteiger partial charge in [0.05, 0.1) is 17.0 Å². The minimum Gasteiger partial charge on any atom is -0.463 e. The van der Waals surface area contributed by atoms with Crippen LogP contribution in [-0.2, 0) is 0 Å². The number of halogens is 1. The van der Waals surface area contributed by atoms with Gasteiger partial charge in [-0.2, -0.15) is 0 Å². The molecule has 0 spiro atoms. The molecule has 0 aliphatic heterocycles. The van der Waals surface area contributed by atoms with Gasteiger partial charge < -0.3 is 14.6 Å². The van der Waals surface area contributed by atoms with Crippen molar-refractivity contribution in [1.29, 1.82) is 0 Å². The van der Waals surface area contributed by atoms with Gasteiger partial charge in [-0.05, 0) is 40.2 Å². The average molecular weight is 306 g/mol. The SMILES string of the molecule is Nc1nc(-c2ccco2)c(Br)c(-c2ccco2)n1. The van der Waals surface area contributed by atoms with E-state index in [1.54, 1.807) is 36.8 Å². The van der Waals surface area contributed by atoms with Crippen LogP contribution < -0.4 is 5.73 Å². The Balaban J connectivity index is 2.23. The Kier molecular flexibility index (Phi) is 2.64. The summed E-state index contributed by atoms with van der Waals surface area (Å²) < 4.78 is 11.3. The predicted octanol–water partition coefficient (Wildman–Crippen LogP) is 3.34. The summed E-state index contributed by atoms with van der Waals surface area (Å²) in [7, 11) is 0. The van der Waals surface area contributed by atoms with Gasteiger partial charge in [0, 0.05) is 0 Å². The molecule has 0 bridgehead atoms. The van der Waals surface area contributed by atoms with E-state index >= 15 is 0 Å². The van der Waals surface area contributed by atoms with Crippen LogP contribution in [-0.4, -0.2) is 9.97 Å². The summed E-state index contributed by atoms with van der Waals surface area (Å²) in [6, 6.07) is 7.18. The van der Waals surface area contributed by atoms with Gasteiger partial charge in [0.1, 0.15) is 11.4 Å². The van der Waals surface area contributed by atoms with Gasteiger partial charge in [0.2, 0.25) is 5.95 Å². The Morgan fingerprint density at radius 2 is 1.44 bits per heavy atom. The molecule has 0 aromatic carbocycles. The fraction of sp³-hybridized carbons (Fsp3) is 0. The number of nitrogen functional groups attached to an aromatic ring is 1. The molecule has 5 nitrogen and oxygen atoms in total. The van der Waals surface area contributed by atoms with Gasteiger partial charge in [-0.15, -0.1) is 0 Å². The maximum absolute atomic E-state index is 5.71. The minimum absolute atomic E-state index is 0.163. The zero-order chi connectivity index (χ0) is 12.5. The summed E-state index contributed by atoms with van der Waals surface area (Å²) in [4.78, 5) is 8.34. The molecule has 0 aliphatic carbocycles. The molecular formula is C12H8BrN3O2. The number of furan rings is 2. The van der Waals surface area contributed by atoms with Gasteiger partial charge in [0.25, 0.3) is 0 Å². The van der Waals surface area contributed by atoms with Crippen molar-refractivity contribution in [3.63, 3.8) is 0 Å². The number of nitrogens with zero attached hydrogens (tertiary/aromatic N) is 2. The van der Waals surface area contributed by atoms with Crippen LogP contribution in [0, 0.1) is 0 Å². The van der Waals surface area contributed by atoms with Crippen LogP contribution in [0.5, 0.6) is 0 Å². The lowest BCUT2D eigenvalue weighted by Gasteiger charge is -2.06. The lowest BCUT2D eigenvalue weighted by Crippen LogP contribution is -1.99. The maximum Gasteiger partial charge on any atom is 0.221 e. The van der Waals surface area contributed by atoms with Crippen LogP contribution in [0.3, 0.4) is 0 Å². The van der Waals surface area contributed by atoms with Crippen LogP contribution in [0.2, 0.25) is 0 Å². The van der Waals surface area contributed by atoms with E-state index < -0.39 is 0 Å². The molecule has 90 valence electrons. The van der Waals surface area contributed by atoms with Gasteiger partial charge in [0.15, 0.2) is 11.5 Å². The molecule has 0 radical (unpaired) electrons. The summed E-state index contributed by atoms with van der Waals surface area (Å²) >= 11 is 3.46. The molecule has 0 unspecified atom stereocenters. The van der Waals surface area contributed by atoms with E-state index in [1.807, 2.05) is 0 Å². The van der Waals surface area contributed by atoms with E-state index in [4.69, 9.17) is 14.6 Å². The Morgan fingerprint density at radius 1 is 0.944 bits per heavy atom. The molecule has 3 rings (SSSR count). The molecular weight excluding hydrogens is 298 g/mol. The first-order chi connectivity index (χ1) is 8.75.